The Morgan fingerprint density at radius 3 is 2.47 bits per heavy atom. The molecule has 1 saturated heterocycles. The van der Waals surface area contributed by atoms with Crippen LogP contribution in [0.3, 0.4) is 0 Å². The van der Waals surface area contributed by atoms with Gasteiger partial charge in [-0.15, -0.1) is 0 Å². The SMILES string of the molecule is CNCc1ccc(CN2CCCS(=O)(=O)CC2)cc1. The number of hydrogen-bond acceptors (Lipinski definition) is 4. The lowest BCUT2D eigenvalue weighted by Crippen LogP contribution is -2.26. The van der Waals surface area contributed by atoms with Crippen LogP contribution < -0.4 is 5.32 Å². The molecule has 0 aliphatic carbocycles. The number of nitrogens with zero attached hydrogens (tertiary/aromatic N) is 1. The normalized spacial score (nSPS) is 20.1. The van der Waals surface area contributed by atoms with E-state index in [1.165, 1.54) is 11.1 Å². The first-order chi connectivity index (χ1) is 9.09. The second-order valence-electron chi connectivity index (χ2n) is 5.13. The molecule has 1 aromatic rings. The summed E-state index contributed by atoms with van der Waals surface area (Å²) in [5, 5.41) is 3.13. The van der Waals surface area contributed by atoms with Gasteiger partial charge in [0.1, 0.15) is 0 Å². The van der Waals surface area contributed by atoms with E-state index < -0.39 is 9.84 Å². The molecule has 19 heavy (non-hydrogen) atoms. The van der Waals surface area contributed by atoms with Crippen LogP contribution in [0.1, 0.15) is 17.5 Å². The molecule has 0 radical (unpaired) electrons. The number of benzene rings is 1. The fraction of sp³-hybridized carbons (Fsp3) is 0.571. The molecular weight excluding hydrogens is 260 g/mol. The molecule has 4 nitrogen and oxygen atoms in total. The summed E-state index contributed by atoms with van der Waals surface area (Å²) in [5.74, 6) is 0.634. The van der Waals surface area contributed by atoms with Crippen molar-refractivity contribution in [2.75, 3.05) is 31.6 Å². The zero-order valence-electron chi connectivity index (χ0n) is 11.4. The Kier molecular flexibility index (Phi) is 4.96. The van der Waals surface area contributed by atoms with Crippen LogP contribution in [0, 0.1) is 0 Å². The minimum atomic E-state index is -2.81. The highest BCUT2D eigenvalue weighted by Gasteiger charge is 2.18. The lowest BCUT2D eigenvalue weighted by molar-refractivity contribution is 0.287. The third-order valence-electron chi connectivity index (χ3n) is 3.46. The Hall–Kier alpha value is -0.910. The smallest absolute Gasteiger partial charge is 0.151 e. The van der Waals surface area contributed by atoms with E-state index in [1.54, 1.807) is 0 Å². The fourth-order valence-corrected chi connectivity index (χ4v) is 3.68. The topological polar surface area (TPSA) is 49.4 Å². The van der Waals surface area contributed by atoms with E-state index in [0.717, 1.165) is 26.1 Å². The number of hydrogen-bond donors (Lipinski definition) is 1. The lowest BCUT2D eigenvalue weighted by Gasteiger charge is -2.19. The zero-order valence-corrected chi connectivity index (χ0v) is 12.2. The van der Waals surface area contributed by atoms with E-state index >= 15 is 0 Å². The van der Waals surface area contributed by atoms with E-state index in [2.05, 4.69) is 34.5 Å². The molecular formula is C14H22N2O2S. The molecule has 1 heterocycles. The average molecular weight is 282 g/mol. The first kappa shape index (κ1) is 14.5. The van der Waals surface area contributed by atoms with Gasteiger partial charge in [0, 0.05) is 19.6 Å². The second kappa shape index (κ2) is 6.50. The Morgan fingerprint density at radius 1 is 1.11 bits per heavy atom. The van der Waals surface area contributed by atoms with Crippen LogP contribution in [0.25, 0.3) is 0 Å². The summed E-state index contributed by atoms with van der Waals surface area (Å²) in [6.07, 6.45) is 0.750. The van der Waals surface area contributed by atoms with Crippen molar-refractivity contribution in [3.8, 4) is 0 Å². The van der Waals surface area contributed by atoms with Gasteiger partial charge in [0.15, 0.2) is 9.84 Å². The van der Waals surface area contributed by atoms with Gasteiger partial charge >= 0.3 is 0 Å². The molecule has 0 unspecified atom stereocenters. The van der Waals surface area contributed by atoms with Crippen molar-refractivity contribution in [1.29, 1.82) is 0 Å². The van der Waals surface area contributed by atoms with Crippen molar-refractivity contribution in [1.82, 2.24) is 10.2 Å². The highest BCUT2D eigenvalue weighted by molar-refractivity contribution is 7.91. The third-order valence-corrected chi connectivity index (χ3v) is 5.17. The minimum absolute atomic E-state index is 0.296. The second-order valence-corrected chi connectivity index (χ2v) is 7.43. The van der Waals surface area contributed by atoms with Crippen LogP contribution in [0.4, 0.5) is 0 Å². The molecule has 1 aromatic carbocycles. The van der Waals surface area contributed by atoms with E-state index in [4.69, 9.17) is 0 Å². The van der Waals surface area contributed by atoms with Gasteiger partial charge in [0.25, 0.3) is 0 Å². The van der Waals surface area contributed by atoms with Gasteiger partial charge in [0.2, 0.25) is 0 Å². The summed E-state index contributed by atoms with van der Waals surface area (Å²) in [4.78, 5) is 2.23. The van der Waals surface area contributed by atoms with Crippen molar-refractivity contribution in [2.24, 2.45) is 0 Å². The predicted octanol–water partition coefficient (Wildman–Crippen LogP) is 1.03. The molecule has 5 heteroatoms. The summed E-state index contributed by atoms with van der Waals surface area (Å²) in [5.41, 5.74) is 2.52. The molecule has 1 aliphatic heterocycles. The largest absolute Gasteiger partial charge is 0.316 e. The summed E-state index contributed by atoms with van der Waals surface area (Å²) in [7, 11) is -0.872. The first-order valence-electron chi connectivity index (χ1n) is 6.74. The van der Waals surface area contributed by atoms with Gasteiger partial charge in [-0.2, -0.15) is 0 Å². The van der Waals surface area contributed by atoms with Crippen molar-refractivity contribution in [2.45, 2.75) is 19.5 Å². The van der Waals surface area contributed by atoms with Crippen LogP contribution in [-0.4, -0.2) is 45.0 Å². The highest BCUT2D eigenvalue weighted by atomic mass is 32.2. The Morgan fingerprint density at radius 2 is 1.79 bits per heavy atom. The number of rotatable bonds is 4. The van der Waals surface area contributed by atoms with E-state index in [-0.39, 0.29) is 0 Å². The molecule has 0 bridgehead atoms. The Balaban J connectivity index is 1.93. The van der Waals surface area contributed by atoms with Crippen LogP contribution >= 0.6 is 0 Å². The molecule has 0 saturated carbocycles. The van der Waals surface area contributed by atoms with E-state index in [0.29, 0.717) is 18.1 Å². The maximum atomic E-state index is 11.6. The first-order valence-corrected chi connectivity index (χ1v) is 8.56. The van der Waals surface area contributed by atoms with Crippen LogP contribution in [0.5, 0.6) is 0 Å². The number of nitrogens with one attached hydrogen (secondary N) is 1. The molecule has 1 aliphatic rings. The monoisotopic (exact) mass is 282 g/mol. The van der Waals surface area contributed by atoms with E-state index in [9.17, 15) is 8.42 Å². The molecule has 2 rings (SSSR count). The standard InChI is InChI=1S/C14H22N2O2S/c1-15-11-13-3-5-14(6-4-13)12-16-7-2-9-19(17,18)10-8-16/h3-6,15H,2,7-12H2,1H3. The van der Waals surface area contributed by atoms with Crippen LogP contribution in [-0.2, 0) is 22.9 Å². The Labute approximate surface area is 115 Å². The molecule has 0 amide bonds. The van der Waals surface area contributed by atoms with Crippen molar-refractivity contribution in [3.63, 3.8) is 0 Å². The zero-order chi connectivity index (χ0) is 13.7. The van der Waals surface area contributed by atoms with Crippen molar-refractivity contribution >= 4 is 9.84 Å². The summed E-state index contributed by atoms with van der Waals surface area (Å²) in [6.45, 7) is 3.25. The highest BCUT2D eigenvalue weighted by Crippen LogP contribution is 2.11. The molecule has 0 spiro atoms. The Bertz CT molecular complexity index is 497. The van der Waals surface area contributed by atoms with Gasteiger partial charge in [-0.25, -0.2) is 8.42 Å². The molecule has 1 N–H and O–H groups in total. The third kappa shape index (κ3) is 4.60. The number of sulfone groups is 1. The van der Waals surface area contributed by atoms with Gasteiger partial charge in [0.05, 0.1) is 11.5 Å². The fourth-order valence-electron chi connectivity index (χ4n) is 2.37. The van der Waals surface area contributed by atoms with Gasteiger partial charge in [-0.3, -0.25) is 4.90 Å². The summed E-state index contributed by atoms with van der Waals surface area (Å²) in [6, 6.07) is 8.51. The van der Waals surface area contributed by atoms with Gasteiger partial charge < -0.3 is 5.32 Å². The minimum Gasteiger partial charge on any atom is -0.316 e. The quantitative estimate of drug-likeness (QED) is 0.896. The summed E-state index contributed by atoms with van der Waals surface area (Å²) >= 11 is 0. The molecule has 1 fully saturated rings. The lowest BCUT2D eigenvalue weighted by atomic mass is 10.1. The molecule has 106 valence electrons. The van der Waals surface area contributed by atoms with Crippen molar-refractivity contribution < 1.29 is 8.42 Å². The molecule has 0 aromatic heterocycles. The maximum absolute atomic E-state index is 11.6. The van der Waals surface area contributed by atoms with Crippen molar-refractivity contribution in [3.05, 3.63) is 35.4 Å². The summed E-state index contributed by atoms with van der Waals surface area (Å²) < 4.78 is 23.1. The van der Waals surface area contributed by atoms with Crippen LogP contribution in [0.2, 0.25) is 0 Å². The van der Waals surface area contributed by atoms with Gasteiger partial charge in [-0.05, 0) is 31.1 Å². The average Bonchev–Trinajstić information content (AvgIpc) is 2.54. The predicted molar refractivity (Wildman–Crippen MR) is 77.8 cm³/mol. The van der Waals surface area contributed by atoms with E-state index in [1.807, 2.05) is 7.05 Å². The maximum Gasteiger partial charge on any atom is 0.151 e. The van der Waals surface area contributed by atoms with Crippen LogP contribution in [0.15, 0.2) is 24.3 Å². The molecule has 0 atom stereocenters. The van der Waals surface area contributed by atoms with Gasteiger partial charge in [-0.1, -0.05) is 24.3 Å².